The third kappa shape index (κ3) is 7.07. The average Bonchev–Trinajstić information content (AvgIpc) is 3.18. The zero-order valence-electron chi connectivity index (χ0n) is 20.7. The van der Waals surface area contributed by atoms with E-state index in [1.165, 1.54) is 27.2 Å². The smallest absolute Gasteiger partial charge is 0.407 e. The summed E-state index contributed by atoms with van der Waals surface area (Å²) in [6.07, 6.45) is 3.87. The van der Waals surface area contributed by atoms with Crippen LogP contribution in [0.25, 0.3) is 11.1 Å². The molecule has 0 aromatic heterocycles. The van der Waals surface area contributed by atoms with E-state index in [1.807, 2.05) is 38.1 Å². The third-order valence-electron chi connectivity index (χ3n) is 6.68. The molecule has 0 bridgehead atoms. The predicted molar refractivity (Wildman–Crippen MR) is 135 cm³/mol. The van der Waals surface area contributed by atoms with Crippen molar-refractivity contribution >= 4 is 18.0 Å². The highest BCUT2D eigenvalue weighted by Gasteiger charge is 2.29. The molecule has 0 saturated carbocycles. The number of carbonyl (C=O) groups is 3. The highest BCUT2D eigenvalue weighted by atomic mass is 16.5. The topological polar surface area (TPSA) is 95.9 Å². The lowest BCUT2D eigenvalue weighted by Gasteiger charge is -2.27. The molecule has 0 saturated heterocycles. The van der Waals surface area contributed by atoms with E-state index < -0.39 is 12.1 Å². The number of fused-ring (bicyclic) bond motifs is 3. The van der Waals surface area contributed by atoms with E-state index in [-0.39, 0.29) is 24.4 Å². The number of nitrogens with one attached hydrogen (secondary N) is 1. The van der Waals surface area contributed by atoms with Gasteiger partial charge < -0.3 is 20.1 Å². The van der Waals surface area contributed by atoms with Crippen LogP contribution in [0, 0.1) is 0 Å². The number of carboxylic acid groups (broad SMARTS) is 1. The molecule has 2 aromatic carbocycles. The summed E-state index contributed by atoms with van der Waals surface area (Å²) in [6, 6.07) is 16.4. The molecule has 7 heteroatoms. The molecule has 0 fully saturated rings. The molecule has 0 radical (unpaired) electrons. The number of carbonyl (C=O) groups excluding carboxylic acids is 2. The number of alkyl carbamates (subject to hydrolysis) is 1. The molecule has 1 aliphatic carbocycles. The maximum Gasteiger partial charge on any atom is 0.407 e. The molecule has 3 rings (SSSR count). The molecule has 35 heavy (non-hydrogen) atoms. The Morgan fingerprint density at radius 2 is 1.57 bits per heavy atom. The summed E-state index contributed by atoms with van der Waals surface area (Å²) in [5, 5.41) is 11.9. The number of carboxylic acids is 1. The van der Waals surface area contributed by atoms with Crippen LogP contribution in [0.4, 0.5) is 4.79 Å². The van der Waals surface area contributed by atoms with Crippen LogP contribution in [-0.4, -0.2) is 53.7 Å². The fraction of sp³-hybridized carbons (Fsp3) is 0.464. The van der Waals surface area contributed by atoms with Gasteiger partial charge in [0.15, 0.2) is 0 Å². The van der Waals surface area contributed by atoms with Gasteiger partial charge in [0, 0.05) is 24.9 Å². The summed E-state index contributed by atoms with van der Waals surface area (Å²) in [7, 11) is 0. The minimum Gasteiger partial charge on any atom is -0.480 e. The Morgan fingerprint density at radius 3 is 2.17 bits per heavy atom. The van der Waals surface area contributed by atoms with Gasteiger partial charge in [0.1, 0.15) is 13.2 Å². The van der Waals surface area contributed by atoms with Crippen molar-refractivity contribution in [2.75, 3.05) is 19.7 Å². The molecular formula is C28H36N2O5. The first-order valence-corrected chi connectivity index (χ1v) is 12.5. The first-order chi connectivity index (χ1) is 16.9. The molecule has 188 valence electrons. The Bertz CT molecular complexity index is 976. The van der Waals surface area contributed by atoms with Crippen molar-refractivity contribution in [3.63, 3.8) is 0 Å². The van der Waals surface area contributed by atoms with Crippen molar-refractivity contribution in [2.24, 2.45) is 0 Å². The van der Waals surface area contributed by atoms with Gasteiger partial charge in [0.05, 0.1) is 0 Å². The quantitative estimate of drug-likeness (QED) is 0.385. The van der Waals surface area contributed by atoms with E-state index in [9.17, 15) is 14.4 Å². The summed E-state index contributed by atoms with van der Waals surface area (Å²) in [4.78, 5) is 37.1. The molecule has 2 amide bonds. The normalized spacial score (nSPS) is 13.0. The van der Waals surface area contributed by atoms with Crippen LogP contribution < -0.4 is 5.32 Å². The number of benzene rings is 2. The van der Waals surface area contributed by atoms with E-state index in [4.69, 9.17) is 9.84 Å². The van der Waals surface area contributed by atoms with Crippen LogP contribution in [0.2, 0.25) is 0 Å². The zero-order chi connectivity index (χ0) is 25.2. The first kappa shape index (κ1) is 26.3. The zero-order valence-corrected chi connectivity index (χ0v) is 20.7. The molecule has 2 N–H and O–H groups in total. The number of hydrogen-bond acceptors (Lipinski definition) is 4. The van der Waals surface area contributed by atoms with E-state index in [1.54, 1.807) is 0 Å². The van der Waals surface area contributed by atoms with Crippen LogP contribution in [-0.2, 0) is 14.3 Å². The molecular weight excluding hydrogens is 444 g/mol. The lowest BCUT2D eigenvalue weighted by atomic mass is 9.98. The first-order valence-electron chi connectivity index (χ1n) is 12.5. The number of unbranched alkanes of at least 4 members (excludes halogenated alkanes) is 3. The van der Waals surface area contributed by atoms with Crippen molar-refractivity contribution < 1.29 is 24.2 Å². The Kier molecular flexibility index (Phi) is 9.70. The number of hydrogen-bond donors (Lipinski definition) is 2. The van der Waals surface area contributed by atoms with Crippen LogP contribution in [0.3, 0.4) is 0 Å². The fourth-order valence-electron chi connectivity index (χ4n) is 4.59. The minimum atomic E-state index is -0.988. The highest BCUT2D eigenvalue weighted by Crippen LogP contribution is 2.44. The minimum absolute atomic E-state index is 0.0433. The second-order valence-corrected chi connectivity index (χ2v) is 9.09. The number of amides is 2. The van der Waals surface area contributed by atoms with Gasteiger partial charge in [0.2, 0.25) is 5.91 Å². The second-order valence-electron chi connectivity index (χ2n) is 9.09. The van der Waals surface area contributed by atoms with Crippen molar-refractivity contribution in [1.82, 2.24) is 10.2 Å². The van der Waals surface area contributed by atoms with E-state index in [0.29, 0.717) is 26.0 Å². The largest absolute Gasteiger partial charge is 0.480 e. The van der Waals surface area contributed by atoms with Crippen LogP contribution in [0.5, 0.6) is 0 Å². The predicted octanol–water partition coefficient (Wildman–Crippen LogP) is 5.19. The van der Waals surface area contributed by atoms with Gasteiger partial charge in [-0.3, -0.25) is 9.59 Å². The molecule has 0 spiro atoms. The Balaban J connectivity index is 1.33. The van der Waals surface area contributed by atoms with Crippen LogP contribution in [0.1, 0.15) is 69.4 Å². The van der Waals surface area contributed by atoms with Crippen LogP contribution >= 0.6 is 0 Å². The number of nitrogens with zero attached hydrogens (tertiary/aromatic N) is 1. The van der Waals surface area contributed by atoms with Gasteiger partial charge in [0.25, 0.3) is 0 Å². The molecule has 2 aromatic rings. The van der Waals surface area contributed by atoms with Gasteiger partial charge in [-0.25, -0.2) is 4.79 Å². The second kappa shape index (κ2) is 12.9. The standard InChI is InChI=1S/C28H36N2O5/c1-3-20(2)30(18-27(32)33)26(31)16-6-4-5-11-17-29-28(34)35-19-25-23-14-9-7-12-21(23)22-13-8-10-15-24(22)25/h7-10,12-15,20,25H,3-6,11,16-19H2,1-2H3,(H,29,34)(H,32,33). The molecule has 0 heterocycles. The monoisotopic (exact) mass is 480 g/mol. The maximum absolute atomic E-state index is 12.4. The number of rotatable bonds is 13. The maximum atomic E-state index is 12.4. The SMILES string of the molecule is CCC(C)N(CC(=O)O)C(=O)CCCCCCNC(=O)OCC1c2ccccc2-c2ccccc21. The average molecular weight is 481 g/mol. The fourth-order valence-corrected chi connectivity index (χ4v) is 4.59. The van der Waals surface area contributed by atoms with Gasteiger partial charge in [-0.15, -0.1) is 0 Å². The van der Waals surface area contributed by atoms with E-state index in [0.717, 1.165) is 25.7 Å². The van der Waals surface area contributed by atoms with Crippen molar-refractivity contribution in [3.8, 4) is 11.1 Å². The summed E-state index contributed by atoms with van der Waals surface area (Å²) >= 11 is 0. The highest BCUT2D eigenvalue weighted by molar-refractivity contribution is 5.81. The Labute approximate surface area is 207 Å². The summed E-state index contributed by atoms with van der Waals surface area (Å²) in [6.45, 7) is 4.37. The molecule has 1 aliphatic rings. The third-order valence-corrected chi connectivity index (χ3v) is 6.68. The van der Waals surface area contributed by atoms with Gasteiger partial charge >= 0.3 is 12.1 Å². The van der Waals surface area contributed by atoms with E-state index in [2.05, 4.69) is 29.6 Å². The molecule has 0 aliphatic heterocycles. The summed E-state index contributed by atoms with van der Waals surface area (Å²) in [5.41, 5.74) is 4.77. The number of ether oxygens (including phenoxy) is 1. The van der Waals surface area contributed by atoms with Crippen molar-refractivity contribution in [3.05, 3.63) is 59.7 Å². The Morgan fingerprint density at radius 1 is 0.971 bits per heavy atom. The van der Waals surface area contributed by atoms with Crippen molar-refractivity contribution in [2.45, 2.75) is 64.3 Å². The Hall–Kier alpha value is -3.35. The van der Waals surface area contributed by atoms with Crippen LogP contribution in [0.15, 0.2) is 48.5 Å². The molecule has 1 atom stereocenters. The summed E-state index contributed by atoms with van der Waals surface area (Å²) < 4.78 is 5.54. The molecule has 7 nitrogen and oxygen atoms in total. The molecule has 1 unspecified atom stereocenters. The van der Waals surface area contributed by atoms with Gasteiger partial charge in [-0.05, 0) is 48.4 Å². The lowest BCUT2D eigenvalue weighted by Crippen LogP contribution is -2.41. The van der Waals surface area contributed by atoms with E-state index >= 15 is 0 Å². The number of aliphatic carboxylic acids is 1. The summed E-state index contributed by atoms with van der Waals surface area (Å²) in [5.74, 6) is -1.06. The van der Waals surface area contributed by atoms with Gasteiger partial charge in [-0.2, -0.15) is 0 Å². The van der Waals surface area contributed by atoms with Crippen molar-refractivity contribution in [1.29, 1.82) is 0 Å². The van der Waals surface area contributed by atoms with Gasteiger partial charge in [-0.1, -0.05) is 68.3 Å². The lowest BCUT2D eigenvalue weighted by molar-refractivity contribution is -0.146.